The molecule has 1 rings (SSSR count). The van der Waals surface area contributed by atoms with Crippen molar-refractivity contribution in [3.63, 3.8) is 0 Å². The molecule has 1 aromatic heterocycles. The maximum Gasteiger partial charge on any atom is 0.365 e. The number of hydrogen-bond acceptors (Lipinski definition) is 5. The summed E-state index contributed by atoms with van der Waals surface area (Å²) in [5.41, 5.74) is 0.459. The number of carbonyl (C=O) groups excluding carboxylic acids is 1. The van der Waals surface area contributed by atoms with Crippen LogP contribution in [0.2, 0.25) is 0 Å². The Morgan fingerprint density at radius 3 is 2.63 bits per heavy atom. The smallest absolute Gasteiger partial charge is 0.365 e. The molecule has 0 unspecified atom stereocenters. The zero-order chi connectivity index (χ0) is 14.5. The number of hydrogen-bond donors (Lipinski definition) is 3. The minimum Gasteiger partial charge on any atom is -0.476 e. The van der Waals surface area contributed by atoms with Gasteiger partial charge >= 0.3 is 5.97 Å². The Morgan fingerprint density at radius 1 is 1.42 bits per heavy atom. The molecule has 3 N–H and O–H groups in total. The second-order valence-corrected chi connectivity index (χ2v) is 6.03. The third kappa shape index (κ3) is 6.30. The fraction of sp³-hybridized carbons (Fsp3) is 0.583. The number of aromatic nitrogens is 1. The molecule has 0 aliphatic carbocycles. The molecule has 1 aromatic rings. The van der Waals surface area contributed by atoms with Gasteiger partial charge in [0.2, 0.25) is 10.9 Å². The van der Waals surface area contributed by atoms with Crippen molar-refractivity contribution in [1.29, 1.82) is 0 Å². The maximum atomic E-state index is 11.5. The normalized spacial score (nSPS) is 11.3. The van der Waals surface area contributed by atoms with Crippen molar-refractivity contribution in [1.82, 2.24) is 15.6 Å². The highest BCUT2D eigenvalue weighted by Gasteiger charge is 2.13. The van der Waals surface area contributed by atoms with E-state index in [0.717, 1.165) is 11.3 Å². The Hall–Kier alpha value is -1.47. The molecular weight excluding hydrogens is 266 g/mol. The van der Waals surface area contributed by atoms with Gasteiger partial charge in [-0.2, -0.15) is 0 Å². The number of thiazole rings is 1. The first-order valence-electron chi connectivity index (χ1n) is 5.97. The van der Waals surface area contributed by atoms with Gasteiger partial charge in [-0.1, -0.05) is 0 Å². The zero-order valence-corrected chi connectivity index (χ0v) is 12.1. The van der Waals surface area contributed by atoms with Gasteiger partial charge in [-0.05, 0) is 20.8 Å². The molecule has 6 nitrogen and oxygen atoms in total. The molecule has 0 saturated heterocycles. The van der Waals surface area contributed by atoms with Gasteiger partial charge in [0.05, 0.1) is 5.69 Å². The Morgan fingerprint density at radius 2 is 2.11 bits per heavy atom. The lowest BCUT2D eigenvalue weighted by Gasteiger charge is -2.20. The van der Waals surface area contributed by atoms with Crippen molar-refractivity contribution in [2.75, 3.05) is 6.54 Å². The SMILES string of the molecule is CC(C)(C)NC(=O)CCNCc1csc(C(=O)O)n1. The van der Waals surface area contributed by atoms with E-state index in [9.17, 15) is 9.59 Å². The van der Waals surface area contributed by atoms with E-state index < -0.39 is 5.97 Å². The van der Waals surface area contributed by atoms with Crippen molar-refractivity contribution in [3.8, 4) is 0 Å². The van der Waals surface area contributed by atoms with Crippen LogP contribution >= 0.6 is 11.3 Å². The van der Waals surface area contributed by atoms with Crippen LogP contribution < -0.4 is 10.6 Å². The van der Waals surface area contributed by atoms with Crippen LogP contribution in [0, 0.1) is 0 Å². The van der Waals surface area contributed by atoms with Crippen LogP contribution in [-0.2, 0) is 11.3 Å². The fourth-order valence-corrected chi connectivity index (χ4v) is 2.04. The van der Waals surface area contributed by atoms with Crippen LogP contribution in [0.25, 0.3) is 0 Å². The summed E-state index contributed by atoms with van der Waals surface area (Å²) in [6, 6.07) is 0. The highest BCUT2D eigenvalue weighted by Crippen LogP contribution is 2.09. The molecule has 0 aliphatic heterocycles. The number of carboxylic acid groups (broad SMARTS) is 1. The van der Waals surface area contributed by atoms with E-state index in [-0.39, 0.29) is 16.5 Å². The molecule has 0 fully saturated rings. The predicted octanol–water partition coefficient (Wildman–Crippen LogP) is 1.24. The lowest BCUT2D eigenvalue weighted by atomic mass is 10.1. The highest BCUT2D eigenvalue weighted by molar-refractivity contribution is 7.11. The number of amides is 1. The van der Waals surface area contributed by atoms with E-state index in [0.29, 0.717) is 25.2 Å². The largest absolute Gasteiger partial charge is 0.476 e. The number of carboxylic acids is 1. The topological polar surface area (TPSA) is 91.3 Å². The van der Waals surface area contributed by atoms with Crippen LogP contribution in [0.3, 0.4) is 0 Å². The predicted molar refractivity (Wildman–Crippen MR) is 73.3 cm³/mol. The molecule has 0 radical (unpaired) electrons. The van der Waals surface area contributed by atoms with E-state index in [1.54, 1.807) is 5.38 Å². The molecule has 1 heterocycles. The van der Waals surface area contributed by atoms with Crippen molar-refractivity contribution >= 4 is 23.2 Å². The van der Waals surface area contributed by atoms with Crippen LogP contribution in [-0.4, -0.2) is 34.1 Å². The maximum absolute atomic E-state index is 11.5. The molecule has 19 heavy (non-hydrogen) atoms. The monoisotopic (exact) mass is 285 g/mol. The van der Waals surface area contributed by atoms with Gasteiger partial charge in [0.1, 0.15) is 0 Å². The van der Waals surface area contributed by atoms with E-state index in [1.165, 1.54) is 0 Å². The van der Waals surface area contributed by atoms with E-state index >= 15 is 0 Å². The molecule has 0 aromatic carbocycles. The second-order valence-electron chi connectivity index (χ2n) is 5.17. The second kappa shape index (κ2) is 6.63. The van der Waals surface area contributed by atoms with E-state index in [4.69, 9.17) is 5.11 Å². The van der Waals surface area contributed by atoms with Gasteiger partial charge in [0.15, 0.2) is 0 Å². The summed E-state index contributed by atoms with van der Waals surface area (Å²) < 4.78 is 0. The highest BCUT2D eigenvalue weighted by atomic mass is 32.1. The molecular formula is C12H19N3O3S. The average molecular weight is 285 g/mol. The summed E-state index contributed by atoms with van der Waals surface area (Å²) in [6.45, 7) is 6.79. The molecule has 0 atom stereocenters. The van der Waals surface area contributed by atoms with Gasteiger partial charge in [-0.25, -0.2) is 9.78 Å². The summed E-state index contributed by atoms with van der Waals surface area (Å²) in [6.07, 6.45) is 0.382. The Kier molecular flexibility index (Phi) is 5.44. The van der Waals surface area contributed by atoms with Crippen molar-refractivity contribution in [3.05, 3.63) is 16.1 Å². The molecule has 0 bridgehead atoms. The molecule has 0 saturated carbocycles. The van der Waals surface area contributed by atoms with Crippen LogP contribution in [0.5, 0.6) is 0 Å². The van der Waals surface area contributed by atoms with Gasteiger partial charge in [-0.3, -0.25) is 4.79 Å². The Labute approximate surface area is 116 Å². The van der Waals surface area contributed by atoms with Gasteiger partial charge < -0.3 is 15.7 Å². The van der Waals surface area contributed by atoms with Gasteiger partial charge in [-0.15, -0.1) is 11.3 Å². The summed E-state index contributed by atoms with van der Waals surface area (Å²) >= 11 is 1.10. The zero-order valence-electron chi connectivity index (χ0n) is 11.3. The van der Waals surface area contributed by atoms with Crippen molar-refractivity contribution in [2.45, 2.75) is 39.3 Å². The van der Waals surface area contributed by atoms with Crippen LogP contribution in [0.4, 0.5) is 0 Å². The van der Waals surface area contributed by atoms with Crippen molar-refractivity contribution < 1.29 is 14.7 Å². The molecule has 1 amide bonds. The molecule has 106 valence electrons. The Bertz CT molecular complexity index is 451. The fourth-order valence-electron chi connectivity index (χ4n) is 1.39. The number of aromatic carboxylic acids is 1. The number of carbonyl (C=O) groups is 2. The number of nitrogens with one attached hydrogen (secondary N) is 2. The lowest BCUT2D eigenvalue weighted by Crippen LogP contribution is -2.41. The van der Waals surface area contributed by atoms with Crippen LogP contribution in [0.1, 0.15) is 42.7 Å². The first-order valence-corrected chi connectivity index (χ1v) is 6.85. The lowest BCUT2D eigenvalue weighted by molar-refractivity contribution is -0.122. The van der Waals surface area contributed by atoms with E-state index in [2.05, 4.69) is 15.6 Å². The third-order valence-electron chi connectivity index (χ3n) is 2.08. The summed E-state index contributed by atoms with van der Waals surface area (Å²) in [4.78, 5) is 26.1. The van der Waals surface area contributed by atoms with Crippen LogP contribution in [0.15, 0.2) is 5.38 Å². The number of nitrogens with zero attached hydrogens (tertiary/aromatic N) is 1. The average Bonchev–Trinajstić information content (AvgIpc) is 2.70. The van der Waals surface area contributed by atoms with E-state index in [1.807, 2.05) is 20.8 Å². The van der Waals surface area contributed by atoms with Gasteiger partial charge in [0, 0.05) is 30.4 Å². The molecule has 0 aliphatic rings. The summed E-state index contributed by atoms with van der Waals surface area (Å²) in [7, 11) is 0. The minimum atomic E-state index is -1.01. The quantitative estimate of drug-likeness (QED) is 0.684. The summed E-state index contributed by atoms with van der Waals surface area (Å²) in [5.74, 6) is -1.02. The summed E-state index contributed by atoms with van der Waals surface area (Å²) in [5, 5.41) is 16.4. The minimum absolute atomic E-state index is 0.00972. The van der Waals surface area contributed by atoms with Crippen molar-refractivity contribution in [2.24, 2.45) is 0 Å². The molecule has 0 spiro atoms. The first-order chi connectivity index (χ1) is 8.78. The first kappa shape index (κ1) is 15.6. The molecule has 7 heteroatoms. The number of rotatable bonds is 6. The Balaban J connectivity index is 2.23. The standard InChI is InChI=1S/C12H19N3O3S/c1-12(2,3)15-9(16)4-5-13-6-8-7-19-10(14-8)11(17)18/h7,13H,4-6H2,1-3H3,(H,15,16)(H,17,18). The van der Waals surface area contributed by atoms with Gasteiger partial charge in [0.25, 0.3) is 0 Å². The third-order valence-corrected chi connectivity index (χ3v) is 2.96.